The average molecular weight is 230 g/mol. The third kappa shape index (κ3) is 2.72. The second-order valence-corrected chi connectivity index (χ2v) is 4.49. The monoisotopic (exact) mass is 230 g/mol. The number of aliphatic hydroxyl groups excluding tert-OH is 2. The molecule has 3 N–H and O–H groups in total. The van der Waals surface area contributed by atoms with E-state index in [1.54, 1.807) is 0 Å². The third-order valence-corrected chi connectivity index (χ3v) is 3.44. The highest BCUT2D eigenvalue weighted by molar-refractivity contribution is 5.73. The molecule has 0 aromatic rings. The Bertz CT molecular complexity index is 245. The highest BCUT2D eigenvalue weighted by Crippen LogP contribution is 2.23. The van der Waals surface area contributed by atoms with E-state index in [4.69, 9.17) is 0 Å². The number of piperidine rings is 1. The summed E-state index contributed by atoms with van der Waals surface area (Å²) in [5.74, 6) is -0.176. The first-order valence-corrected chi connectivity index (χ1v) is 5.81. The molecule has 0 saturated carbocycles. The van der Waals surface area contributed by atoms with Crippen molar-refractivity contribution in [1.29, 1.82) is 0 Å². The summed E-state index contributed by atoms with van der Waals surface area (Å²) < 4.78 is 0. The molecular formula is C11H22N2O3. The molecule has 1 aliphatic rings. The number of aliphatic hydroxyl groups is 2. The van der Waals surface area contributed by atoms with Crippen LogP contribution in [0.4, 0.5) is 0 Å². The van der Waals surface area contributed by atoms with Crippen molar-refractivity contribution in [3.05, 3.63) is 0 Å². The van der Waals surface area contributed by atoms with Gasteiger partial charge in [0.05, 0.1) is 18.8 Å². The van der Waals surface area contributed by atoms with Crippen LogP contribution in [0.5, 0.6) is 0 Å². The van der Waals surface area contributed by atoms with Gasteiger partial charge in [0.2, 0.25) is 5.91 Å². The van der Waals surface area contributed by atoms with Crippen LogP contribution >= 0.6 is 0 Å². The molecular weight excluding hydrogens is 208 g/mol. The number of carbonyl (C=O) groups is 1. The van der Waals surface area contributed by atoms with Crippen LogP contribution in [0.25, 0.3) is 0 Å². The highest BCUT2D eigenvalue weighted by Gasteiger charge is 2.39. The van der Waals surface area contributed by atoms with E-state index in [1.807, 2.05) is 13.8 Å². The molecule has 0 aliphatic carbocycles. The minimum Gasteiger partial charge on any atom is -0.395 e. The van der Waals surface area contributed by atoms with E-state index in [0.29, 0.717) is 6.54 Å². The Morgan fingerprint density at radius 1 is 1.56 bits per heavy atom. The third-order valence-electron chi connectivity index (χ3n) is 3.44. The number of nitrogens with one attached hydrogen (secondary N) is 1. The molecule has 0 spiro atoms. The van der Waals surface area contributed by atoms with Gasteiger partial charge in [0, 0.05) is 25.4 Å². The van der Waals surface area contributed by atoms with Crippen molar-refractivity contribution in [2.75, 3.05) is 19.7 Å². The number of carbonyl (C=O) groups excluding carboxylic acids is 1. The number of hydrogen-bond donors (Lipinski definition) is 3. The maximum Gasteiger partial charge on any atom is 0.217 e. The molecule has 1 heterocycles. The molecule has 5 nitrogen and oxygen atoms in total. The largest absolute Gasteiger partial charge is 0.395 e. The maximum atomic E-state index is 11.0. The van der Waals surface area contributed by atoms with E-state index < -0.39 is 6.10 Å². The van der Waals surface area contributed by atoms with Crippen LogP contribution in [-0.4, -0.2) is 58.9 Å². The number of likely N-dealkylation sites (tertiary alicyclic amines) is 1. The van der Waals surface area contributed by atoms with Gasteiger partial charge in [-0.1, -0.05) is 13.8 Å². The summed E-state index contributed by atoms with van der Waals surface area (Å²) in [5.41, 5.74) is 0. The lowest BCUT2D eigenvalue weighted by Crippen LogP contribution is -2.63. The van der Waals surface area contributed by atoms with E-state index in [2.05, 4.69) is 10.2 Å². The molecule has 1 aliphatic heterocycles. The Balaban J connectivity index is 2.74. The summed E-state index contributed by atoms with van der Waals surface area (Å²) in [6, 6.07) is -0.264. The molecule has 1 rings (SSSR count). The van der Waals surface area contributed by atoms with Gasteiger partial charge < -0.3 is 15.5 Å². The van der Waals surface area contributed by atoms with Crippen molar-refractivity contribution in [2.24, 2.45) is 5.92 Å². The summed E-state index contributed by atoms with van der Waals surface area (Å²) in [5, 5.41) is 22.1. The Hall–Kier alpha value is -0.650. The van der Waals surface area contributed by atoms with Crippen LogP contribution < -0.4 is 5.32 Å². The lowest BCUT2D eigenvalue weighted by atomic mass is 9.85. The van der Waals surface area contributed by atoms with Gasteiger partial charge >= 0.3 is 0 Å². The predicted octanol–water partition coefficient (Wildman–Crippen LogP) is -0.815. The number of amides is 1. The number of rotatable bonds is 3. The zero-order chi connectivity index (χ0) is 12.3. The smallest absolute Gasteiger partial charge is 0.217 e. The Morgan fingerprint density at radius 2 is 2.19 bits per heavy atom. The van der Waals surface area contributed by atoms with Crippen molar-refractivity contribution in [3.8, 4) is 0 Å². The normalized spacial score (nSPS) is 36.1. The van der Waals surface area contributed by atoms with Crippen molar-refractivity contribution in [3.63, 3.8) is 0 Å². The van der Waals surface area contributed by atoms with E-state index >= 15 is 0 Å². The van der Waals surface area contributed by atoms with Crippen molar-refractivity contribution in [2.45, 2.75) is 39.0 Å². The molecule has 94 valence electrons. The Labute approximate surface area is 96.4 Å². The summed E-state index contributed by atoms with van der Waals surface area (Å²) in [6.45, 7) is 6.80. The first-order valence-electron chi connectivity index (χ1n) is 5.81. The molecule has 1 unspecified atom stereocenters. The quantitative estimate of drug-likeness (QED) is 0.592. The molecule has 0 radical (unpaired) electrons. The molecule has 0 aromatic carbocycles. The average Bonchev–Trinajstić information content (AvgIpc) is 2.24. The molecule has 4 atom stereocenters. The van der Waals surface area contributed by atoms with Gasteiger partial charge in [-0.2, -0.15) is 0 Å². The van der Waals surface area contributed by atoms with Crippen LogP contribution in [0.3, 0.4) is 0 Å². The van der Waals surface area contributed by atoms with Crippen molar-refractivity contribution in [1.82, 2.24) is 10.2 Å². The summed E-state index contributed by atoms with van der Waals surface area (Å²) in [6.07, 6.45) is -0.594. The minimum absolute atomic E-state index is 0.0231. The van der Waals surface area contributed by atoms with Crippen LogP contribution in [0.2, 0.25) is 0 Å². The van der Waals surface area contributed by atoms with Crippen LogP contribution in [-0.2, 0) is 4.79 Å². The highest BCUT2D eigenvalue weighted by atomic mass is 16.3. The SMILES string of the molecule is CCN1C[C@H](NC(C)=O)[C@@H](O)C(C)[C@H]1CO. The zero-order valence-corrected chi connectivity index (χ0v) is 10.2. The van der Waals surface area contributed by atoms with Gasteiger partial charge in [0.25, 0.3) is 0 Å². The van der Waals surface area contributed by atoms with Crippen molar-refractivity contribution >= 4 is 5.91 Å². The zero-order valence-electron chi connectivity index (χ0n) is 10.2. The summed E-state index contributed by atoms with van der Waals surface area (Å²) in [4.78, 5) is 13.1. The number of likely N-dealkylation sites (N-methyl/N-ethyl adjacent to an activating group) is 1. The van der Waals surface area contributed by atoms with Crippen LogP contribution in [0.15, 0.2) is 0 Å². The topological polar surface area (TPSA) is 72.8 Å². The second kappa shape index (κ2) is 5.61. The van der Waals surface area contributed by atoms with Gasteiger partial charge in [0.15, 0.2) is 0 Å². The predicted molar refractivity (Wildman–Crippen MR) is 60.9 cm³/mol. The molecule has 1 amide bonds. The minimum atomic E-state index is -0.594. The lowest BCUT2D eigenvalue weighted by molar-refractivity contribution is -0.123. The fourth-order valence-electron chi connectivity index (χ4n) is 2.46. The second-order valence-electron chi connectivity index (χ2n) is 4.49. The van der Waals surface area contributed by atoms with Gasteiger partial charge in [-0.25, -0.2) is 0 Å². The van der Waals surface area contributed by atoms with Crippen molar-refractivity contribution < 1.29 is 15.0 Å². The number of hydrogen-bond acceptors (Lipinski definition) is 4. The van der Waals surface area contributed by atoms with E-state index in [-0.39, 0.29) is 30.5 Å². The van der Waals surface area contributed by atoms with E-state index in [0.717, 1.165) is 6.54 Å². The maximum absolute atomic E-state index is 11.0. The Morgan fingerprint density at radius 3 is 2.62 bits per heavy atom. The summed E-state index contributed by atoms with van der Waals surface area (Å²) >= 11 is 0. The van der Waals surface area contributed by atoms with Gasteiger partial charge in [-0.3, -0.25) is 9.69 Å². The van der Waals surface area contributed by atoms with Crippen LogP contribution in [0, 0.1) is 5.92 Å². The molecule has 16 heavy (non-hydrogen) atoms. The molecule has 1 saturated heterocycles. The first-order chi connectivity index (χ1) is 7.51. The van der Waals surface area contributed by atoms with E-state index in [1.165, 1.54) is 6.92 Å². The fraction of sp³-hybridized carbons (Fsp3) is 0.909. The molecule has 1 fully saturated rings. The van der Waals surface area contributed by atoms with Gasteiger partial charge in [-0.15, -0.1) is 0 Å². The fourth-order valence-corrected chi connectivity index (χ4v) is 2.46. The molecule has 0 bridgehead atoms. The van der Waals surface area contributed by atoms with Gasteiger partial charge in [-0.05, 0) is 6.54 Å². The molecule has 5 heteroatoms. The molecule has 0 aromatic heterocycles. The Kier molecular flexibility index (Phi) is 4.70. The van der Waals surface area contributed by atoms with E-state index in [9.17, 15) is 15.0 Å². The summed E-state index contributed by atoms with van der Waals surface area (Å²) in [7, 11) is 0. The number of nitrogens with zero attached hydrogens (tertiary/aromatic N) is 1. The van der Waals surface area contributed by atoms with Crippen LogP contribution in [0.1, 0.15) is 20.8 Å². The standard InChI is InChI=1S/C11H22N2O3/c1-4-13-5-9(12-8(3)15)11(16)7(2)10(13)6-14/h7,9-11,14,16H,4-6H2,1-3H3,(H,12,15)/t7?,9-,10+,11-/m0/s1. The lowest BCUT2D eigenvalue weighted by Gasteiger charge is -2.45. The first kappa shape index (κ1) is 13.4. The van der Waals surface area contributed by atoms with Gasteiger partial charge in [0.1, 0.15) is 0 Å².